The number of hydrogen-bond donors (Lipinski definition) is 0. The van der Waals surface area contributed by atoms with Gasteiger partial charge in [0.05, 0.1) is 33.1 Å². The van der Waals surface area contributed by atoms with Crippen LogP contribution in [0.25, 0.3) is 76.9 Å². The summed E-state index contributed by atoms with van der Waals surface area (Å²) in [7, 11) is -2.93. The van der Waals surface area contributed by atoms with Crippen molar-refractivity contribution in [3.05, 3.63) is 218 Å². The fourth-order valence-corrected chi connectivity index (χ4v) is 14.7. The lowest BCUT2D eigenvalue weighted by molar-refractivity contribution is 0.671. The molecule has 3 aromatic heterocycles. The van der Waals surface area contributed by atoms with Crippen molar-refractivity contribution in [3.63, 3.8) is 0 Å². The average Bonchev–Trinajstić information content (AvgIpc) is 3.96. The molecule has 0 spiro atoms. The Labute approximate surface area is 336 Å². The summed E-state index contributed by atoms with van der Waals surface area (Å²) in [5, 5.41) is 12.4. The van der Waals surface area contributed by atoms with Crippen LogP contribution in [0.1, 0.15) is 0 Å². The minimum Gasteiger partial charge on any atom is -0.456 e. The molecule has 0 aliphatic heterocycles. The van der Waals surface area contributed by atoms with Crippen LogP contribution in [0.2, 0.25) is 0 Å². The summed E-state index contributed by atoms with van der Waals surface area (Å²) in [6.07, 6.45) is 0. The topological polar surface area (TPSA) is 23.0 Å². The average molecular weight is 757 g/mol. The highest BCUT2D eigenvalue weighted by Gasteiger charge is 2.44. The zero-order valence-corrected chi connectivity index (χ0v) is 32.6. The molecular weight excluding hydrogens is 721 g/mol. The standard InChI is InChI=1S/C54H36N2OSi/c1-4-18-38(19-5-1)58(39-20-6-2-7-21-39,40-22-8-3-9-23-40)52-35-34-50(53-44-27-13-17-31-51(44)57-54(52)53)56-48-30-16-12-26-43(48)45-36-37(32-33-49(45)56)55-46-28-14-10-24-41(46)42-25-11-15-29-47(42)55/h1-36H. The summed E-state index contributed by atoms with van der Waals surface area (Å²) >= 11 is 0. The Bertz CT molecular complexity index is 3360. The number of nitrogens with zero attached hydrogens (tertiary/aromatic N) is 2. The largest absolute Gasteiger partial charge is 0.456 e. The van der Waals surface area contributed by atoms with Crippen LogP contribution >= 0.6 is 0 Å². The van der Waals surface area contributed by atoms with Crippen molar-refractivity contribution in [3.8, 4) is 11.4 Å². The number of aromatic nitrogens is 2. The molecule has 9 aromatic carbocycles. The van der Waals surface area contributed by atoms with E-state index in [2.05, 4.69) is 228 Å². The Morgan fingerprint density at radius 3 is 1.36 bits per heavy atom. The maximum Gasteiger partial charge on any atom is 0.184 e. The predicted octanol–water partition coefficient (Wildman–Crippen LogP) is 11.2. The number of fused-ring (bicyclic) bond motifs is 9. The van der Waals surface area contributed by atoms with Gasteiger partial charge in [0.25, 0.3) is 0 Å². The Morgan fingerprint density at radius 2 is 0.793 bits per heavy atom. The first-order valence-electron chi connectivity index (χ1n) is 19.9. The molecule has 0 N–H and O–H groups in total. The molecule has 0 aliphatic carbocycles. The van der Waals surface area contributed by atoms with Gasteiger partial charge in [-0.15, -0.1) is 0 Å². The van der Waals surface area contributed by atoms with Gasteiger partial charge in [-0.3, -0.25) is 0 Å². The first kappa shape index (κ1) is 32.8. The summed E-state index contributed by atoms with van der Waals surface area (Å²) in [5.41, 5.74) is 8.81. The lowest BCUT2D eigenvalue weighted by atomic mass is 10.1. The SMILES string of the molecule is c1ccc([Si](c2ccccc2)(c2ccccc2)c2ccc(-n3c4ccccc4c4cc(-n5c6ccccc6c6ccccc65)ccc43)c3c2oc2ccccc23)cc1. The molecule has 12 rings (SSSR count). The van der Waals surface area contributed by atoms with Gasteiger partial charge in [-0.25, -0.2) is 0 Å². The smallest absolute Gasteiger partial charge is 0.184 e. The van der Waals surface area contributed by atoms with Crippen molar-refractivity contribution in [2.75, 3.05) is 0 Å². The molecule has 0 saturated heterocycles. The second-order valence-corrected chi connectivity index (χ2v) is 19.0. The van der Waals surface area contributed by atoms with Gasteiger partial charge in [0, 0.05) is 32.6 Å². The summed E-state index contributed by atoms with van der Waals surface area (Å²) in [6.45, 7) is 0. The van der Waals surface area contributed by atoms with Crippen LogP contribution in [0.15, 0.2) is 223 Å². The molecule has 0 fully saturated rings. The van der Waals surface area contributed by atoms with Crippen LogP contribution < -0.4 is 20.7 Å². The number of hydrogen-bond acceptors (Lipinski definition) is 1. The molecule has 0 unspecified atom stereocenters. The number of benzene rings is 9. The second kappa shape index (κ2) is 12.8. The molecule has 0 bridgehead atoms. The van der Waals surface area contributed by atoms with Gasteiger partial charge in [0.15, 0.2) is 8.07 Å². The van der Waals surface area contributed by atoms with Crippen molar-refractivity contribution >= 4 is 94.4 Å². The normalized spacial score (nSPS) is 12.1. The monoisotopic (exact) mass is 756 g/mol. The van der Waals surface area contributed by atoms with Crippen LogP contribution in [0.5, 0.6) is 0 Å². The maximum absolute atomic E-state index is 7.18. The maximum atomic E-state index is 7.18. The molecular formula is C54H36N2OSi. The summed E-state index contributed by atoms with van der Waals surface area (Å²) in [5.74, 6) is 0. The van der Waals surface area contributed by atoms with E-state index in [-0.39, 0.29) is 0 Å². The Kier molecular flexibility index (Phi) is 7.25. The Hall–Kier alpha value is -7.40. The zero-order chi connectivity index (χ0) is 38.2. The first-order chi connectivity index (χ1) is 28.8. The summed E-state index contributed by atoms with van der Waals surface area (Å²) < 4.78 is 12.1. The van der Waals surface area contributed by atoms with Crippen molar-refractivity contribution in [1.82, 2.24) is 9.13 Å². The Balaban J connectivity index is 1.18. The number of rotatable bonds is 6. The number of furan rings is 1. The molecule has 0 aliphatic rings. The van der Waals surface area contributed by atoms with Crippen molar-refractivity contribution in [1.29, 1.82) is 0 Å². The molecule has 12 aromatic rings. The van der Waals surface area contributed by atoms with Crippen molar-refractivity contribution < 1.29 is 4.42 Å². The number of para-hydroxylation sites is 4. The lowest BCUT2D eigenvalue weighted by Crippen LogP contribution is -2.74. The molecule has 3 nitrogen and oxygen atoms in total. The van der Waals surface area contributed by atoms with Gasteiger partial charge in [0.2, 0.25) is 0 Å². The van der Waals surface area contributed by atoms with E-state index in [1.165, 1.54) is 53.3 Å². The molecule has 0 atom stereocenters. The van der Waals surface area contributed by atoms with E-state index in [1.54, 1.807) is 0 Å². The van der Waals surface area contributed by atoms with E-state index in [0.29, 0.717) is 0 Å². The van der Waals surface area contributed by atoms with E-state index in [1.807, 2.05) is 0 Å². The van der Waals surface area contributed by atoms with E-state index >= 15 is 0 Å². The zero-order valence-electron chi connectivity index (χ0n) is 31.6. The van der Waals surface area contributed by atoms with Crippen LogP contribution in [0.3, 0.4) is 0 Å². The molecule has 3 heterocycles. The van der Waals surface area contributed by atoms with Gasteiger partial charge < -0.3 is 13.6 Å². The van der Waals surface area contributed by atoms with Gasteiger partial charge >= 0.3 is 0 Å². The summed E-state index contributed by atoms with van der Waals surface area (Å²) in [6, 6.07) is 79.9. The van der Waals surface area contributed by atoms with Crippen LogP contribution in [-0.4, -0.2) is 17.2 Å². The van der Waals surface area contributed by atoms with Crippen molar-refractivity contribution in [2.45, 2.75) is 0 Å². The van der Waals surface area contributed by atoms with Crippen LogP contribution in [-0.2, 0) is 0 Å². The molecule has 4 heteroatoms. The van der Waals surface area contributed by atoms with Gasteiger partial charge in [-0.1, -0.05) is 170 Å². The molecule has 272 valence electrons. The second-order valence-electron chi connectivity index (χ2n) is 15.2. The first-order valence-corrected chi connectivity index (χ1v) is 21.9. The van der Waals surface area contributed by atoms with E-state index in [4.69, 9.17) is 4.42 Å². The van der Waals surface area contributed by atoms with Gasteiger partial charge in [0.1, 0.15) is 11.2 Å². The van der Waals surface area contributed by atoms with Crippen molar-refractivity contribution in [2.24, 2.45) is 0 Å². The quantitative estimate of drug-likeness (QED) is 0.122. The highest BCUT2D eigenvalue weighted by molar-refractivity contribution is 7.20. The van der Waals surface area contributed by atoms with Gasteiger partial charge in [-0.05, 0) is 69.3 Å². The minimum absolute atomic E-state index is 0.887. The minimum atomic E-state index is -2.93. The molecule has 0 saturated carbocycles. The molecule has 58 heavy (non-hydrogen) atoms. The summed E-state index contributed by atoms with van der Waals surface area (Å²) in [4.78, 5) is 0. The predicted molar refractivity (Wildman–Crippen MR) is 246 cm³/mol. The lowest BCUT2D eigenvalue weighted by Gasteiger charge is -2.34. The highest BCUT2D eigenvalue weighted by Crippen LogP contribution is 2.40. The van der Waals surface area contributed by atoms with E-state index in [9.17, 15) is 0 Å². The molecule has 0 amide bonds. The fraction of sp³-hybridized carbons (Fsp3) is 0. The van der Waals surface area contributed by atoms with E-state index in [0.717, 1.165) is 44.3 Å². The third kappa shape index (κ3) is 4.61. The van der Waals surface area contributed by atoms with E-state index < -0.39 is 8.07 Å². The molecule has 0 radical (unpaired) electrons. The van der Waals surface area contributed by atoms with Crippen LogP contribution in [0.4, 0.5) is 0 Å². The third-order valence-electron chi connectivity index (χ3n) is 12.3. The highest BCUT2D eigenvalue weighted by atomic mass is 28.3. The van der Waals surface area contributed by atoms with Gasteiger partial charge in [-0.2, -0.15) is 0 Å². The van der Waals surface area contributed by atoms with Crippen LogP contribution in [0, 0.1) is 0 Å². The third-order valence-corrected chi connectivity index (χ3v) is 17.1. The Morgan fingerprint density at radius 1 is 0.345 bits per heavy atom. The fourth-order valence-electron chi connectivity index (χ4n) is 9.88.